The van der Waals surface area contributed by atoms with Gasteiger partial charge in [0.1, 0.15) is 6.10 Å². The Morgan fingerprint density at radius 3 is 1.53 bits per heavy atom. The fourth-order valence-electron chi connectivity index (χ4n) is 0.811. The number of hydrogen-bond acceptors (Lipinski definition) is 2. The minimum absolute atomic E-state index is 0.791. The molecule has 0 saturated heterocycles. The number of alkyl halides is 7. The Morgan fingerprint density at radius 2 is 1.32 bits per heavy atom. The normalized spacial score (nSPS) is 16.2. The van der Waals surface area contributed by atoms with Gasteiger partial charge in [-0.2, -0.15) is 26.3 Å². The van der Waals surface area contributed by atoms with Gasteiger partial charge in [0.05, 0.1) is 0 Å². The molecular formula is C10H13BrF6O2. The Morgan fingerprint density at radius 1 is 1.00 bits per heavy atom. The van der Waals surface area contributed by atoms with Crippen molar-refractivity contribution in [1.82, 2.24) is 0 Å². The van der Waals surface area contributed by atoms with Crippen LogP contribution in [-0.2, 0) is 9.53 Å². The van der Waals surface area contributed by atoms with Crippen LogP contribution in [0.15, 0.2) is 0 Å². The lowest BCUT2D eigenvalue weighted by Gasteiger charge is -2.33. The molecule has 1 atom stereocenters. The molecule has 0 heterocycles. The summed E-state index contributed by atoms with van der Waals surface area (Å²) in [5.74, 6) is -2.42. The molecule has 0 radical (unpaired) electrons. The van der Waals surface area contributed by atoms with E-state index in [9.17, 15) is 31.1 Å². The first-order chi connectivity index (χ1) is 8.05. The summed E-state index contributed by atoms with van der Waals surface area (Å²) in [5, 5.41) is 0. The quantitative estimate of drug-likeness (QED) is 0.419. The molecule has 114 valence electrons. The summed E-state index contributed by atoms with van der Waals surface area (Å²) in [5.41, 5.74) is -0.791. The fourth-order valence-corrected chi connectivity index (χ4v) is 0.904. The SMILES string of the molecule is CC(OC(=O)C(Br)(C(F)(F)F)C(F)(F)F)C(C)(C)C. The van der Waals surface area contributed by atoms with Crippen molar-refractivity contribution >= 4 is 21.9 Å². The first kappa shape index (κ1) is 18.5. The molecular weight excluding hydrogens is 346 g/mol. The van der Waals surface area contributed by atoms with Crippen LogP contribution in [0.5, 0.6) is 0 Å². The molecule has 0 aromatic carbocycles. The molecule has 0 rings (SSSR count). The van der Waals surface area contributed by atoms with E-state index in [-0.39, 0.29) is 0 Å². The lowest BCUT2D eigenvalue weighted by atomic mass is 9.90. The van der Waals surface area contributed by atoms with Gasteiger partial charge in [0.2, 0.25) is 0 Å². The van der Waals surface area contributed by atoms with Crippen LogP contribution < -0.4 is 0 Å². The minimum Gasteiger partial charge on any atom is -0.461 e. The molecule has 0 amide bonds. The maximum Gasteiger partial charge on any atom is 0.423 e. The third-order valence-corrected chi connectivity index (χ3v) is 3.79. The van der Waals surface area contributed by atoms with Crippen molar-refractivity contribution in [1.29, 1.82) is 0 Å². The van der Waals surface area contributed by atoms with Gasteiger partial charge in [-0.15, -0.1) is 0 Å². The molecule has 0 spiro atoms. The second kappa shape index (κ2) is 5.14. The van der Waals surface area contributed by atoms with Crippen LogP contribution in [0.4, 0.5) is 26.3 Å². The van der Waals surface area contributed by atoms with Crippen LogP contribution >= 0.6 is 15.9 Å². The van der Waals surface area contributed by atoms with E-state index in [4.69, 9.17) is 0 Å². The number of rotatable bonds is 2. The Bertz CT molecular complexity index is 327. The molecule has 0 bridgehead atoms. The Kier molecular flexibility index (Phi) is 5.01. The zero-order chi connectivity index (χ0) is 15.9. The van der Waals surface area contributed by atoms with Crippen LogP contribution in [-0.4, -0.2) is 28.8 Å². The topological polar surface area (TPSA) is 26.3 Å². The highest BCUT2D eigenvalue weighted by Gasteiger charge is 2.76. The van der Waals surface area contributed by atoms with E-state index < -0.39 is 34.2 Å². The smallest absolute Gasteiger partial charge is 0.423 e. The molecule has 0 aromatic heterocycles. The predicted molar refractivity (Wildman–Crippen MR) is 58.8 cm³/mol. The molecule has 19 heavy (non-hydrogen) atoms. The van der Waals surface area contributed by atoms with E-state index in [2.05, 4.69) is 4.74 Å². The largest absolute Gasteiger partial charge is 0.461 e. The monoisotopic (exact) mass is 358 g/mol. The number of halogens is 7. The Balaban J connectivity index is 5.42. The summed E-state index contributed by atoms with van der Waals surface area (Å²) in [6.07, 6.45) is -12.8. The van der Waals surface area contributed by atoms with E-state index >= 15 is 0 Å². The average Bonchev–Trinajstić information content (AvgIpc) is 2.10. The minimum atomic E-state index is -5.86. The first-order valence-corrected chi connectivity index (χ1v) is 5.88. The summed E-state index contributed by atoms with van der Waals surface area (Å²) >= 11 is 1.46. The highest BCUT2D eigenvalue weighted by atomic mass is 79.9. The van der Waals surface area contributed by atoms with E-state index in [1.54, 1.807) is 0 Å². The van der Waals surface area contributed by atoms with E-state index in [1.807, 2.05) is 0 Å². The molecule has 0 aromatic rings. The number of carbonyl (C=O) groups excluding carboxylic acids is 1. The van der Waals surface area contributed by atoms with Crippen molar-refractivity contribution in [3.8, 4) is 0 Å². The molecule has 2 nitrogen and oxygen atoms in total. The summed E-state index contributed by atoms with van der Waals surface area (Å²) < 4.78 is 74.8. The first-order valence-electron chi connectivity index (χ1n) is 5.08. The molecule has 0 fully saturated rings. The third kappa shape index (κ3) is 3.76. The highest BCUT2D eigenvalue weighted by Crippen LogP contribution is 2.50. The fraction of sp³-hybridized carbons (Fsp3) is 0.900. The van der Waals surface area contributed by atoms with E-state index in [0.717, 1.165) is 0 Å². The van der Waals surface area contributed by atoms with Crippen LogP contribution in [0.2, 0.25) is 0 Å². The molecule has 0 aliphatic rings. The third-order valence-electron chi connectivity index (χ3n) is 2.57. The lowest BCUT2D eigenvalue weighted by molar-refractivity contribution is -0.265. The lowest BCUT2D eigenvalue weighted by Crippen LogP contribution is -2.59. The van der Waals surface area contributed by atoms with Crippen molar-refractivity contribution in [2.45, 2.75) is 50.5 Å². The van der Waals surface area contributed by atoms with Gasteiger partial charge in [0, 0.05) is 0 Å². The molecule has 9 heteroatoms. The second-order valence-electron chi connectivity index (χ2n) is 5.07. The van der Waals surface area contributed by atoms with Crippen LogP contribution in [0.1, 0.15) is 27.7 Å². The second-order valence-corrected chi connectivity index (χ2v) is 6.26. The molecule has 0 saturated carbocycles. The maximum atomic E-state index is 12.5. The van der Waals surface area contributed by atoms with Crippen molar-refractivity contribution in [2.75, 3.05) is 0 Å². The van der Waals surface area contributed by atoms with Crippen LogP contribution in [0.3, 0.4) is 0 Å². The summed E-state index contributed by atoms with van der Waals surface area (Å²) in [7, 11) is 0. The van der Waals surface area contributed by atoms with Gasteiger partial charge >= 0.3 is 22.6 Å². The summed E-state index contributed by atoms with van der Waals surface area (Å²) in [6, 6.07) is 0. The number of esters is 1. The van der Waals surface area contributed by atoms with Crippen molar-refractivity contribution < 1.29 is 35.9 Å². The van der Waals surface area contributed by atoms with Gasteiger partial charge in [-0.1, -0.05) is 36.7 Å². The molecule has 0 N–H and O–H groups in total. The van der Waals surface area contributed by atoms with Crippen LogP contribution in [0.25, 0.3) is 0 Å². The predicted octanol–water partition coefficient (Wildman–Crippen LogP) is 4.22. The van der Waals surface area contributed by atoms with Crippen molar-refractivity contribution in [3.63, 3.8) is 0 Å². The molecule has 1 unspecified atom stereocenters. The van der Waals surface area contributed by atoms with Crippen molar-refractivity contribution in [2.24, 2.45) is 5.41 Å². The Labute approximate surface area is 114 Å². The summed E-state index contributed by atoms with van der Waals surface area (Å²) in [4.78, 5) is 11.3. The van der Waals surface area contributed by atoms with Crippen LogP contribution in [0, 0.1) is 5.41 Å². The van der Waals surface area contributed by atoms with E-state index in [0.29, 0.717) is 0 Å². The zero-order valence-electron chi connectivity index (χ0n) is 10.5. The standard InChI is InChI=1S/C10H13BrF6O2/c1-5(7(2,3)4)19-6(18)8(11,9(12,13)14)10(15,16)17/h5H,1-4H3. The average molecular weight is 359 g/mol. The van der Waals surface area contributed by atoms with E-state index in [1.165, 1.54) is 43.6 Å². The van der Waals surface area contributed by atoms with Gasteiger partial charge in [-0.25, -0.2) is 4.79 Å². The Hall–Kier alpha value is -0.470. The van der Waals surface area contributed by atoms with Gasteiger partial charge in [0.15, 0.2) is 0 Å². The molecule has 0 aliphatic carbocycles. The highest BCUT2D eigenvalue weighted by molar-refractivity contribution is 9.10. The van der Waals surface area contributed by atoms with Gasteiger partial charge in [-0.05, 0) is 12.3 Å². The molecule has 0 aliphatic heterocycles. The summed E-state index contributed by atoms with van der Waals surface area (Å²) in [6.45, 7) is 5.77. The van der Waals surface area contributed by atoms with Crippen molar-refractivity contribution in [3.05, 3.63) is 0 Å². The number of hydrogen-bond donors (Lipinski definition) is 0. The van der Waals surface area contributed by atoms with Gasteiger partial charge in [0.25, 0.3) is 0 Å². The zero-order valence-corrected chi connectivity index (χ0v) is 12.1. The van der Waals surface area contributed by atoms with Gasteiger partial charge in [-0.3, -0.25) is 0 Å². The maximum absolute atomic E-state index is 12.5. The number of ether oxygens (including phenoxy) is 1. The van der Waals surface area contributed by atoms with Gasteiger partial charge < -0.3 is 4.74 Å². The number of carbonyl (C=O) groups is 1.